The second-order valence-electron chi connectivity index (χ2n) is 9.76. The van der Waals surface area contributed by atoms with Crippen molar-refractivity contribution in [3.63, 3.8) is 0 Å². The fraction of sp³-hybridized carbons (Fsp3) is 0.586. The molecule has 4 rings (SSSR count). The monoisotopic (exact) mass is 450 g/mol. The topological polar surface area (TPSA) is 42.5 Å². The molecule has 0 unspecified atom stereocenters. The van der Waals surface area contributed by atoms with E-state index in [4.69, 9.17) is 9.47 Å². The number of anilines is 2. The van der Waals surface area contributed by atoms with E-state index in [1.165, 1.54) is 75.6 Å². The number of rotatable bonds is 12. The lowest BCUT2D eigenvalue weighted by Crippen LogP contribution is -2.22. The van der Waals surface area contributed by atoms with Gasteiger partial charge in [0.2, 0.25) is 0 Å². The fourth-order valence-electron chi connectivity index (χ4n) is 5.02. The normalized spacial score (nSPS) is 17.5. The number of nitrogens with one attached hydrogen (secondary N) is 2. The molecule has 4 nitrogen and oxygen atoms in total. The maximum Gasteiger partial charge on any atom is 0.119 e. The zero-order valence-electron chi connectivity index (χ0n) is 20.2. The van der Waals surface area contributed by atoms with Crippen LogP contribution >= 0.6 is 0 Å². The molecule has 2 aliphatic rings. The maximum absolute atomic E-state index is 5.92. The summed E-state index contributed by atoms with van der Waals surface area (Å²) in [5.74, 6) is 1.92. The summed E-state index contributed by atoms with van der Waals surface area (Å²) in [6.45, 7) is 1.52. The van der Waals surface area contributed by atoms with Gasteiger partial charge in [0, 0.05) is 23.5 Å². The van der Waals surface area contributed by atoms with Crippen molar-refractivity contribution in [1.82, 2.24) is 0 Å². The van der Waals surface area contributed by atoms with Crippen molar-refractivity contribution in [3.05, 3.63) is 48.5 Å². The van der Waals surface area contributed by atoms with Crippen molar-refractivity contribution >= 4 is 11.4 Å². The first-order valence-electron chi connectivity index (χ1n) is 13.3. The van der Waals surface area contributed by atoms with Gasteiger partial charge in [0.25, 0.3) is 0 Å². The Morgan fingerprint density at radius 1 is 0.515 bits per heavy atom. The third-order valence-corrected chi connectivity index (χ3v) is 6.99. The molecule has 0 amide bonds. The molecule has 0 bridgehead atoms. The van der Waals surface area contributed by atoms with Gasteiger partial charge in [0.15, 0.2) is 0 Å². The Kier molecular flexibility index (Phi) is 9.64. The van der Waals surface area contributed by atoms with Crippen LogP contribution in [-0.2, 0) is 0 Å². The van der Waals surface area contributed by atoms with Gasteiger partial charge in [-0.15, -0.1) is 0 Å². The van der Waals surface area contributed by atoms with Crippen LogP contribution in [0.2, 0.25) is 0 Å². The smallest absolute Gasteiger partial charge is 0.119 e. The highest BCUT2D eigenvalue weighted by Gasteiger charge is 2.13. The summed E-state index contributed by atoms with van der Waals surface area (Å²) in [6.07, 6.45) is 16.6. The Bertz CT molecular complexity index is 711. The molecule has 2 saturated carbocycles. The van der Waals surface area contributed by atoms with Crippen LogP contribution < -0.4 is 20.1 Å². The summed E-state index contributed by atoms with van der Waals surface area (Å²) in [6, 6.07) is 18.2. The van der Waals surface area contributed by atoms with Gasteiger partial charge in [-0.05, 0) is 93.5 Å². The van der Waals surface area contributed by atoms with E-state index in [0.717, 1.165) is 44.0 Å². The van der Waals surface area contributed by atoms with E-state index in [-0.39, 0.29) is 0 Å². The van der Waals surface area contributed by atoms with Crippen molar-refractivity contribution < 1.29 is 9.47 Å². The quantitative estimate of drug-likeness (QED) is 0.324. The summed E-state index contributed by atoms with van der Waals surface area (Å²) in [4.78, 5) is 0. The van der Waals surface area contributed by atoms with E-state index in [9.17, 15) is 0 Å². The summed E-state index contributed by atoms with van der Waals surface area (Å²) >= 11 is 0. The molecule has 2 aromatic carbocycles. The molecule has 0 aromatic heterocycles. The molecule has 0 heterocycles. The summed E-state index contributed by atoms with van der Waals surface area (Å²) in [7, 11) is 0. The molecule has 0 spiro atoms. The third-order valence-electron chi connectivity index (χ3n) is 6.99. The second kappa shape index (κ2) is 13.4. The maximum atomic E-state index is 5.92. The van der Waals surface area contributed by atoms with Crippen LogP contribution in [0.5, 0.6) is 11.5 Å². The number of hydrogen-bond acceptors (Lipinski definition) is 4. The van der Waals surface area contributed by atoms with E-state index in [1.54, 1.807) is 0 Å². The molecule has 2 N–H and O–H groups in total. The fourth-order valence-corrected chi connectivity index (χ4v) is 5.02. The van der Waals surface area contributed by atoms with Crippen molar-refractivity contribution in [2.75, 3.05) is 23.8 Å². The van der Waals surface area contributed by atoms with Gasteiger partial charge in [-0.2, -0.15) is 0 Å². The molecule has 0 radical (unpaired) electrons. The largest absolute Gasteiger partial charge is 0.494 e. The molecule has 0 aliphatic heterocycles. The molecule has 33 heavy (non-hydrogen) atoms. The average molecular weight is 451 g/mol. The van der Waals surface area contributed by atoms with Crippen LogP contribution in [0.1, 0.15) is 83.5 Å². The lowest BCUT2D eigenvalue weighted by molar-refractivity contribution is 0.279. The van der Waals surface area contributed by atoms with Gasteiger partial charge in [0.1, 0.15) is 11.5 Å². The third kappa shape index (κ3) is 8.49. The van der Waals surface area contributed by atoms with Gasteiger partial charge in [-0.3, -0.25) is 0 Å². The number of unbranched alkanes of at least 4 members (excludes halogenated alkanes) is 2. The first-order chi connectivity index (χ1) is 16.3. The van der Waals surface area contributed by atoms with Crippen molar-refractivity contribution in [3.8, 4) is 11.5 Å². The first kappa shape index (κ1) is 23.8. The molecule has 2 fully saturated rings. The van der Waals surface area contributed by atoms with Crippen LogP contribution in [0.3, 0.4) is 0 Å². The van der Waals surface area contributed by atoms with Crippen LogP contribution in [0.25, 0.3) is 0 Å². The minimum absolute atomic E-state index is 0.642. The zero-order chi connectivity index (χ0) is 22.6. The molecular weight excluding hydrogens is 408 g/mol. The Morgan fingerprint density at radius 2 is 0.909 bits per heavy atom. The van der Waals surface area contributed by atoms with Crippen LogP contribution in [0.4, 0.5) is 11.4 Å². The zero-order valence-corrected chi connectivity index (χ0v) is 20.2. The Balaban J connectivity index is 1.04. The minimum Gasteiger partial charge on any atom is -0.494 e. The second-order valence-corrected chi connectivity index (χ2v) is 9.76. The molecule has 2 aromatic rings. The van der Waals surface area contributed by atoms with Crippen molar-refractivity contribution in [1.29, 1.82) is 0 Å². The predicted octanol–water partition coefficient (Wildman–Crippen LogP) is 7.80. The van der Waals surface area contributed by atoms with Crippen molar-refractivity contribution in [2.45, 2.75) is 95.6 Å². The summed E-state index contributed by atoms with van der Waals surface area (Å²) < 4.78 is 11.8. The van der Waals surface area contributed by atoms with E-state index < -0.39 is 0 Å². The Hall–Kier alpha value is -2.36. The molecule has 180 valence electrons. The van der Waals surface area contributed by atoms with Gasteiger partial charge in [-0.1, -0.05) is 38.5 Å². The van der Waals surface area contributed by atoms with Gasteiger partial charge < -0.3 is 20.1 Å². The molecule has 0 atom stereocenters. The molecule has 4 heteroatoms. The summed E-state index contributed by atoms with van der Waals surface area (Å²) in [5, 5.41) is 7.32. The lowest BCUT2D eigenvalue weighted by Gasteiger charge is -2.23. The average Bonchev–Trinajstić information content (AvgIpc) is 2.87. The molecule has 0 saturated heterocycles. The van der Waals surface area contributed by atoms with E-state index in [2.05, 4.69) is 59.2 Å². The predicted molar refractivity (Wildman–Crippen MR) is 139 cm³/mol. The van der Waals surface area contributed by atoms with Crippen LogP contribution in [-0.4, -0.2) is 25.3 Å². The standard InChI is InChI=1S/C29H42N2O2/c1-4-10-24(11-5-1)30-26-14-18-28(19-15-26)32-22-8-3-9-23-33-29-20-16-27(17-21-29)31-25-12-6-2-7-13-25/h14-21,24-25,30-31H,1-13,22-23H2. The van der Waals surface area contributed by atoms with Gasteiger partial charge >= 0.3 is 0 Å². The molecule has 2 aliphatic carbocycles. The van der Waals surface area contributed by atoms with Crippen molar-refractivity contribution in [2.24, 2.45) is 0 Å². The number of hydrogen-bond donors (Lipinski definition) is 2. The van der Waals surface area contributed by atoms with E-state index >= 15 is 0 Å². The SMILES string of the molecule is c1cc(OCCCCCOc2ccc(NC3CCCCC3)cc2)ccc1NC1CCCCC1. The highest BCUT2D eigenvalue weighted by atomic mass is 16.5. The number of benzene rings is 2. The van der Waals surface area contributed by atoms with Crippen LogP contribution in [0, 0.1) is 0 Å². The highest BCUT2D eigenvalue weighted by molar-refractivity contribution is 5.48. The minimum atomic E-state index is 0.642. The highest BCUT2D eigenvalue weighted by Crippen LogP contribution is 2.24. The number of ether oxygens (including phenoxy) is 2. The van der Waals surface area contributed by atoms with E-state index in [1.807, 2.05) is 0 Å². The first-order valence-corrected chi connectivity index (χ1v) is 13.3. The van der Waals surface area contributed by atoms with Gasteiger partial charge in [-0.25, -0.2) is 0 Å². The van der Waals surface area contributed by atoms with Gasteiger partial charge in [0.05, 0.1) is 13.2 Å². The van der Waals surface area contributed by atoms with E-state index in [0.29, 0.717) is 12.1 Å². The summed E-state index contributed by atoms with van der Waals surface area (Å²) in [5.41, 5.74) is 2.42. The molecular formula is C29H42N2O2. The Morgan fingerprint density at radius 3 is 1.30 bits per heavy atom. The Labute approximate surface area is 200 Å². The van der Waals surface area contributed by atoms with Crippen LogP contribution in [0.15, 0.2) is 48.5 Å². The lowest BCUT2D eigenvalue weighted by atomic mass is 9.95.